The van der Waals surface area contributed by atoms with Crippen molar-refractivity contribution >= 4 is 11.7 Å². The first-order valence-electron chi connectivity index (χ1n) is 6.77. The molecule has 0 heterocycles. The Bertz CT molecular complexity index is 584. The SMILES string of the molecule is COCc1cccc(CN(CC(=O)O)c2ccccc2)c1. The molecule has 1 N–H and O–H groups in total. The van der Waals surface area contributed by atoms with E-state index in [0.29, 0.717) is 13.2 Å². The molecule has 0 amide bonds. The maximum atomic E-state index is 11.1. The molecule has 0 bridgehead atoms. The third-order valence-corrected chi connectivity index (χ3v) is 3.12. The van der Waals surface area contributed by atoms with Crippen molar-refractivity contribution in [2.24, 2.45) is 0 Å². The summed E-state index contributed by atoms with van der Waals surface area (Å²) >= 11 is 0. The van der Waals surface area contributed by atoms with Crippen LogP contribution in [-0.2, 0) is 22.7 Å². The quantitative estimate of drug-likeness (QED) is 0.849. The molecular formula is C17H19NO3. The van der Waals surface area contributed by atoms with E-state index in [4.69, 9.17) is 9.84 Å². The van der Waals surface area contributed by atoms with E-state index in [1.807, 2.05) is 59.5 Å². The lowest BCUT2D eigenvalue weighted by Crippen LogP contribution is -2.29. The number of hydrogen-bond acceptors (Lipinski definition) is 3. The van der Waals surface area contributed by atoms with Gasteiger partial charge in [-0.3, -0.25) is 4.79 Å². The number of ether oxygens (including phenoxy) is 1. The van der Waals surface area contributed by atoms with Crippen LogP contribution in [0, 0.1) is 0 Å². The van der Waals surface area contributed by atoms with E-state index in [0.717, 1.165) is 16.8 Å². The molecule has 110 valence electrons. The van der Waals surface area contributed by atoms with E-state index in [1.165, 1.54) is 0 Å². The highest BCUT2D eigenvalue weighted by atomic mass is 16.5. The maximum Gasteiger partial charge on any atom is 0.323 e. The summed E-state index contributed by atoms with van der Waals surface area (Å²) < 4.78 is 5.13. The second-order valence-electron chi connectivity index (χ2n) is 4.84. The molecule has 0 aliphatic rings. The Hall–Kier alpha value is -2.33. The van der Waals surface area contributed by atoms with Crippen LogP contribution in [0.2, 0.25) is 0 Å². The van der Waals surface area contributed by atoms with Gasteiger partial charge < -0.3 is 14.7 Å². The van der Waals surface area contributed by atoms with Crippen molar-refractivity contribution in [2.75, 3.05) is 18.6 Å². The lowest BCUT2D eigenvalue weighted by atomic mass is 10.1. The third-order valence-electron chi connectivity index (χ3n) is 3.12. The highest BCUT2D eigenvalue weighted by Gasteiger charge is 2.11. The number of carboxylic acid groups (broad SMARTS) is 1. The second-order valence-corrected chi connectivity index (χ2v) is 4.84. The van der Waals surface area contributed by atoms with Gasteiger partial charge in [-0.1, -0.05) is 42.5 Å². The van der Waals surface area contributed by atoms with Gasteiger partial charge in [-0.15, -0.1) is 0 Å². The fourth-order valence-corrected chi connectivity index (χ4v) is 2.25. The minimum absolute atomic E-state index is 0.0292. The summed E-state index contributed by atoms with van der Waals surface area (Å²) in [5.41, 5.74) is 3.05. The van der Waals surface area contributed by atoms with Gasteiger partial charge in [0, 0.05) is 19.3 Å². The van der Waals surface area contributed by atoms with Crippen molar-refractivity contribution in [1.82, 2.24) is 0 Å². The second kappa shape index (κ2) is 7.45. The molecule has 4 nitrogen and oxygen atoms in total. The summed E-state index contributed by atoms with van der Waals surface area (Å²) in [5.74, 6) is -0.841. The van der Waals surface area contributed by atoms with Gasteiger partial charge in [0.2, 0.25) is 0 Å². The van der Waals surface area contributed by atoms with Crippen LogP contribution < -0.4 is 4.90 Å². The molecule has 0 saturated carbocycles. The summed E-state index contributed by atoms with van der Waals surface area (Å²) in [6.07, 6.45) is 0. The average molecular weight is 285 g/mol. The number of rotatable bonds is 7. The highest BCUT2D eigenvalue weighted by molar-refractivity contribution is 5.73. The Balaban J connectivity index is 2.18. The van der Waals surface area contributed by atoms with Gasteiger partial charge in [0.1, 0.15) is 6.54 Å². The van der Waals surface area contributed by atoms with Gasteiger partial charge in [0.25, 0.3) is 0 Å². The van der Waals surface area contributed by atoms with Gasteiger partial charge in [0.15, 0.2) is 0 Å². The largest absolute Gasteiger partial charge is 0.480 e. The molecule has 0 aliphatic carbocycles. The number of hydrogen-bond donors (Lipinski definition) is 1. The predicted molar refractivity (Wildman–Crippen MR) is 82.3 cm³/mol. The number of benzene rings is 2. The Kier molecular flexibility index (Phi) is 5.35. The first-order chi connectivity index (χ1) is 10.2. The zero-order valence-corrected chi connectivity index (χ0v) is 12.0. The van der Waals surface area contributed by atoms with E-state index in [-0.39, 0.29) is 6.54 Å². The first kappa shape index (κ1) is 15.1. The summed E-state index contributed by atoms with van der Waals surface area (Å²) in [4.78, 5) is 12.9. The van der Waals surface area contributed by atoms with Crippen LogP contribution in [0.5, 0.6) is 0 Å². The smallest absolute Gasteiger partial charge is 0.323 e. The molecule has 0 unspecified atom stereocenters. The number of carboxylic acids is 1. The maximum absolute atomic E-state index is 11.1. The molecule has 21 heavy (non-hydrogen) atoms. The summed E-state index contributed by atoms with van der Waals surface area (Å²) in [6.45, 7) is 1.07. The summed E-state index contributed by atoms with van der Waals surface area (Å²) in [6, 6.07) is 17.6. The summed E-state index contributed by atoms with van der Waals surface area (Å²) in [5, 5.41) is 9.10. The Morgan fingerprint density at radius 1 is 1.10 bits per heavy atom. The van der Waals surface area contributed by atoms with Crippen molar-refractivity contribution in [2.45, 2.75) is 13.2 Å². The van der Waals surface area contributed by atoms with E-state index in [9.17, 15) is 4.79 Å². The first-order valence-corrected chi connectivity index (χ1v) is 6.77. The standard InChI is InChI=1S/C17H19NO3/c1-21-13-15-7-5-6-14(10-15)11-18(12-17(19)20)16-8-3-2-4-9-16/h2-10H,11-13H2,1H3,(H,19,20). The lowest BCUT2D eigenvalue weighted by molar-refractivity contribution is -0.135. The van der Waals surface area contributed by atoms with Gasteiger partial charge in [0.05, 0.1) is 6.61 Å². The zero-order valence-electron chi connectivity index (χ0n) is 12.0. The van der Waals surface area contributed by atoms with Crippen molar-refractivity contribution in [1.29, 1.82) is 0 Å². The Morgan fingerprint density at radius 3 is 2.48 bits per heavy atom. The molecule has 0 atom stereocenters. The normalized spacial score (nSPS) is 10.3. The fourth-order valence-electron chi connectivity index (χ4n) is 2.25. The van der Waals surface area contributed by atoms with Gasteiger partial charge >= 0.3 is 5.97 Å². The van der Waals surface area contributed by atoms with Gasteiger partial charge in [-0.2, -0.15) is 0 Å². The van der Waals surface area contributed by atoms with E-state index in [2.05, 4.69) is 0 Å². The highest BCUT2D eigenvalue weighted by Crippen LogP contribution is 2.17. The van der Waals surface area contributed by atoms with Crippen molar-refractivity contribution in [3.05, 3.63) is 65.7 Å². The Labute approximate surface area is 124 Å². The van der Waals surface area contributed by atoms with Crippen molar-refractivity contribution < 1.29 is 14.6 Å². The molecule has 0 fully saturated rings. The van der Waals surface area contributed by atoms with Crippen molar-refractivity contribution in [3.8, 4) is 0 Å². The third kappa shape index (κ3) is 4.61. The zero-order chi connectivity index (χ0) is 15.1. The van der Waals surface area contributed by atoms with E-state index in [1.54, 1.807) is 7.11 Å². The van der Waals surface area contributed by atoms with Crippen molar-refractivity contribution in [3.63, 3.8) is 0 Å². The molecule has 2 aromatic carbocycles. The fraction of sp³-hybridized carbons (Fsp3) is 0.235. The summed E-state index contributed by atoms with van der Waals surface area (Å²) in [7, 11) is 1.66. The van der Waals surface area contributed by atoms with Crippen LogP contribution in [0.25, 0.3) is 0 Å². The molecule has 2 aromatic rings. The molecule has 4 heteroatoms. The lowest BCUT2D eigenvalue weighted by Gasteiger charge is -2.23. The number of methoxy groups -OCH3 is 1. The number of carbonyl (C=O) groups is 1. The van der Waals surface area contributed by atoms with Crippen LogP contribution in [0.15, 0.2) is 54.6 Å². The predicted octanol–water partition coefficient (Wildman–Crippen LogP) is 2.92. The molecular weight excluding hydrogens is 266 g/mol. The van der Waals surface area contributed by atoms with Gasteiger partial charge in [-0.05, 0) is 23.3 Å². The molecule has 0 saturated heterocycles. The molecule has 2 rings (SSSR count). The molecule has 0 aromatic heterocycles. The van der Waals surface area contributed by atoms with Crippen LogP contribution in [0.4, 0.5) is 5.69 Å². The minimum Gasteiger partial charge on any atom is -0.480 e. The molecule has 0 aliphatic heterocycles. The van der Waals surface area contributed by atoms with E-state index < -0.39 is 5.97 Å². The number of para-hydroxylation sites is 1. The van der Waals surface area contributed by atoms with Crippen LogP contribution >= 0.6 is 0 Å². The monoisotopic (exact) mass is 285 g/mol. The average Bonchev–Trinajstić information content (AvgIpc) is 2.48. The Morgan fingerprint density at radius 2 is 1.81 bits per heavy atom. The number of anilines is 1. The topological polar surface area (TPSA) is 49.8 Å². The number of nitrogens with zero attached hydrogens (tertiary/aromatic N) is 1. The molecule has 0 radical (unpaired) electrons. The minimum atomic E-state index is -0.841. The number of aliphatic carboxylic acids is 1. The van der Waals surface area contributed by atoms with Crippen LogP contribution in [0.1, 0.15) is 11.1 Å². The van der Waals surface area contributed by atoms with Crippen LogP contribution in [0.3, 0.4) is 0 Å². The van der Waals surface area contributed by atoms with E-state index >= 15 is 0 Å². The van der Waals surface area contributed by atoms with Gasteiger partial charge in [-0.25, -0.2) is 0 Å². The molecule has 0 spiro atoms. The van der Waals surface area contributed by atoms with Crippen LogP contribution in [-0.4, -0.2) is 24.7 Å².